The number of para-hydroxylation sites is 1. The second-order valence-corrected chi connectivity index (χ2v) is 7.17. The molecule has 2 aromatic carbocycles. The number of rotatable bonds is 6. The first kappa shape index (κ1) is 20.9. The molecule has 0 fully saturated rings. The summed E-state index contributed by atoms with van der Waals surface area (Å²) in [6, 6.07) is 18.6. The molecule has 0 saturated heterocycles. The number of carbonyl (C=O) groups is 1. The molecule has 0 aliphatic carbocycles. The van der Waals surface area contributed by atoms with E-state index in [9.17, 15) is 10.1 Å². The van der Waals surface area contributed by atoms with E-state index in [4.69, 9.17) is 9.47 Å². The van der Waals surface area contributed by atoms with Gasteiger partial charge in [-0.3, -0.25) is 4.79 Å². The zero-order valence-electron chi connectivity index (χ0n) is 17.9. The van der Waals surface area contributed by atoms with Crippen molar-refractivity contribution in [1.29, 1.82) is 5.26 Å². The zero-order valence-corrected chi connectivity index (χ0v) is 17.9. The normalized spacial score (nSPS) is 11.6. The van der Waals surface area contributed by atoms with Gasteiger partial charge in [0.1, 0.15) is 23.1 Å². The van der Waals surface area contributed by atoms with Gasteiger partial charge < -0.3 is 14.8 Å². The number of nitriles is 1. The first-order valence-corrected chi connectivity index (χ1v) is 9.96. The lowest BCUT2D eigenvalue weighted by Gasteiger charge is -2.16. The molecule has 8 heteroatoms. The van der Waals surface area contributed by atoms with Gasteiger partial charge in [-0.15, -0.1) is 0 Å². The van der Waals surface area contributed by atoms with Gasteiger partial charge in [-0.05, 0) is 55.8 Å². The summed E-state index contributed by atoms with van der Waals surface area (Å²) < 4.78 is 12.3. The van der Waals surface area contributed by atoms with Crippen LogP contribution in [0.2, 0.25) is 0 Å². The minimum Gasteiger partial charge on any atom is -0.497 e. The number of ether oxygens (including phenoxy) is 2. The van der Waals surface area contributed by atoms with Crippen LogP contribution in [-0.4, -0.2) is 33.9 Å². The minimum atomic E-state index is -0.815. The van der Waals surface area contributed by atoms with Gasteiger partial charge in [-0.1, -0.05) is 18.2 Å². The van der Waals surface area contributed by atoms with E-state index in [-0.39, 0.29) is 11.4 Å². The second-order valence-electron chi connectivity index (χ2n) is 7.17. The second kappa shape index (κ2) is 8.78. The Hall–Kier alpha value is -4.38. The number of nitrogens with zero attached hydrogens (tertiary/aromatic N) is 4. The molecule has 8 nitrogen and oxygen atoms in total. The summed E-state index contributed by atoms with van der Waals surface area (Å²) in [5, 5.41) is 17.6. The van der Waals surface area contributed by atoms with Crippen LogP contribution in [0.15, 0.2) is 60.8 Å². The molecule has 4 aromatic rings. The minimum absolute atomic E-state index is 0.225. The van der Waals surface area contributed by atoms with Crippen molar-refractivity contribution in [3.05, 3.63) is 71.9 Å². The van der Waals surface area contributed by atoms with Crippen molar-refractivity contribution in [1.82, 2.24) is 14.8 Å². The van der Waals surface area contributed by atoms with E-state index in [1.54, 1.807) is 38.3 Å². The van der Waals surface area contributed by atoms with Gasteiger partial charge in [0.25, 0.3) is 5.91 Å². The third-order valence-corrected chi connectivity index (χ3v) is 5.00. The maximum Gasteiger partial charge on any atom is 0.266 e. The average molecular weight is 427 g/mol. The highest BCUT2D eigenvalue weighted by molar-refractivity contribution is 5.94. The fourth-order valence-corrected chi connectivity index (χ4v) is 3.29. The highest BCUT2D eigenvalue weighted by Crippen LogP contribution is 2.24. The summed E-state index contributed by atoms with van der Waals surface area (Å²) in [5.41, 5.74) is 2.03. The van der Waals surface area contributed by atoms with E-state index < -0.39 is 12.0 Å². The van der Waals surface area contributed by atoms with Gasteiger partial charge >= 0.3 is 0 Å². The number of benzene rings is 2. The van der Waals surface area contributed by atoms with Gasteiger partial charge in [0.15, 0.2) is 17.7 Å². The number of pyridine rings is 1. The third kappa shape index (κ3) is 4.09. The van der Waals surface area contributed by atoms with E-state index in [0.29, 0.717) is 17.3 Å². The number of hydrogen-bond donors (Lipinski definition) is 1. The molecule has 160 valence electrons. The Morgan fingerprint density at radius 3 is 2.59 bits per heavy atom. The quantitative estimate of drug-likeness (QED) is 0.499. The largest absolute Gasteiger partial charge is 0.497 e. The number of aromatic nitrogens is 3. The Labute approximate surface area is 185 Å². The molecule has 2 heterocycles. The van der Waals surface area contributed by atoms with Crippen LogP contribution in [-0.2, 0) is 4.79 Å². The van der Waals surface area contributed by atoms with Crippen molar-refractivity contribution in [2.24, 2.45) is 0 Å². The first-order valence-electron chi connectivity index (χ1n) is 9.96. The molecule has 2 aromatic heterocycles. The standard InChI is InChI=1S/C24H21N5O3/c1-15-12-22(27-21-7-5-4-6-20(15)21)29-23(17(13-25)14-26-29)28-24(30)16(2)32-19-10-8-18(31-3)9-11-19/h4-12,14,16H,1-3H3,(H,28,30). The summed E-state index contributed by atoms with van der Waals surface area (Å²) in [7, 11) is 1.58. The van der Waals surface area contributed by atoms with Gasteiger partial charge in [0.2, 0.25) is 0 Å². The fraction of sp³-hybridized carbons (Fsp3) is 0.167. The van der Waals surface area contributed by atoms with E-state index >= 15 is 0 Å². The molecular formula is C24H21N5O3. The average Bonchev–Trinajstić information content (AvgIpc) is 3.22. The molecule has 32 heavy (non-hydrogen) atoms. The Bertz CT molecular complexity index is 1320. The summed E-state index contributed by atoms with van der Waals surface area (Å²) in [4.78, 5) is 17.5. The number of aryl methyl sites for hydroxylation is 1. The molecule has 0 radical (unpaired) electrons. The lowest BCUT2D eigenvalue weighted by atomic mass is 10.1. The van der Waals surface area contributed by atoms with Crippen molar-refractivity contribution >= 4 is 22.6 Å². The predicted octanol–water partition coefficient (Wildman–Crippen LogP) is 4.02. The number of anilines is 1. The number of hydrogen-bond acceptors (Lipinski definition) is 6. The fourth-order valence-electron chi connectivity index (χ4n) is 3.29. The molecule has 4 rings (SSSR count). The van der Waals surface area contributed by atoms with Crippen LogP contribution in [0.3, 0.4) is 0 Å². The van der Waals surface area contributed by atoms with Crippen molar-refractivity contribution in [2.45, 2.75) is 20.0 Å². The molecule has 1 atom stereocenters. The van der Waals surface area contributed by atoms with Crippen LogP contribution >= 0.6 is 0 Å². The van der Waals surface area contributed by atoms with Crippen molar-refractivity contribution in [2.75, 3.05) is 12.4 Å². The number of amides is 1. The molecule has 1 amide bonds. The first-order chi connectivity index (χ1) is 15.5. The molecule has 0 aliphatic rings. The summed E-state index contributed by atoms with van der Waals surface area (Å²) >= 11 is 0. The van der Waals surface area contributed by atoms with Gasteiger partial charge in [-0.25, -0.2) is 4.98 Å². The van der Waals surface area contributed by atoms with Crippen LogP contribution < -0.4 is 14.8 Å². The number of fused-ring (bicyclic) bond motifs is 1. The SMILES string of the molecule is COc1ccc(OC(C)C(=O)Nc2c(C#N)cnn2-c2cc(C)c3ccccc3n2)cc1. The molecule has 0 bridgehead atoms. The lowest BCUT2D eigenvalue weighted by molar-refractivity contribution is -0.122. The summed E-state index contributed by atoms with van der Waals surface area (Å²) in [5.74, 6) is 1.53. The van der Waals surface area contributed by atoms with Gasteiger partial charge in [0, 0.05) is 5.39 Å². The van der Waals surface area contributed by atoms with Crippen LogP contribution in [0.25, 0.3) is 16.7 Å². The Morgan fingerprint density at radius 2 is 1.88 bits per heavy atom. The monoisotopic (exact) mass is 427 g/mol. The Morgan fingerprint density at radius 1 is 1.16 bits per heavy atom. The maximum atomic E-state index is 12.8. The van der Waals surface area contributed by atoms with Crippen molar-refractivity contribution < 1.29 is 14.3 Å². The van der Waals surface area contributed by atoms with E-state index in [0.717, 1.165) is 16.5 Å². The Balaban J connectivity index is 1.61. The topological polar surface area (TPSA) is 102 Å². The molecule has 0 aliphatic heterocycles. The lowest BCUT2D eigenvalue weighted by Crippen LogP contribution is -2.31. The zero-order chi connectivity index (χ0) is 22.7. The Kier molecular flexibility index (Phi) is 5.73. The van der Waals surface area contributed by atoms with Crippen LogP contribution in [0.5, 0.6) is 11.5 Å². The smallest absolute Gasteiger partial charge is 0.266 e. The molecule has 1 N–H and O–H groups in total. The van der Waals surface area contributed by atoms with Crippen molar-refractivity contribution in [3.8, 4) is 23.4 Å². The van der Waals surface area contributed by atoms with Crippen LogP contribution in [0, 0.1) is 18.3 Å². The number of nitrogens with one attached hydrogen (secondary N) is 1. The molecule has 0 spiro atoms. The predicted molar refractivity (Wildman–Crippen MR) is 120 cm³/mol. The van der Waals surface area contributed by atoms with E-state index in [1.807, 2.05) is 37.3 Å². The highest BCUT2D eigenvalue weighted by Gasteiger charge is 2.21. The van der Waals surface area contributed by atoms with Crippen molar-refractivity contribution in [3.63, 3.8) is 0 Å². The molecule has 0 saturated carbocycles. The van der Waals surface area contributed by atoms with Gasteiger partial charge in [-0.2, -0.15) is 15.0 Å². The van der Waals surface area contributed by atoms with Crippen LogP contribution in [0.4, 0.5) is 5.82 Å². The summed E-state index contributed by atoms with van der Waals surface area (Å²) in [6.07, 6.45) is 0.584. The van der Waals surface area contributed by atoms with E-state index in [1.165, 1.54) is 10.9 Å². The molecule has 1 unspecified atom stereocenters. The van der Waals surface area contributed by atoms with Gasteiger partial charge in [0.05, 0.1) is 18.8 Å². The van der Waals surface area contributed by atoms with Crippen LogP contribution in [0.1, 0.15) is 18.1 Å². The summed E-state index contributed by atoms with van der Waals surface area (Å²) in [6.45, 7) is 3.61. The van der Waals surface area contributed by atoms with E-state index in [2.05, 4.69) is 21.5 Å². The number of carbonyl (C=O) groups excluding carboxylic acids is 1. The highest BCUT2D eigenvalue weighted by atomic mass is 16.5. The maximum absolute atomic E-state index is 12.8. The molecular weight excluding hydrogens is 406 g/mol. The third-order valence-electron chi connectivity index (χ3n) is 5.00. The number of methoxy groups -OCH3 is 1.